The zero-order chi connectivity index (χ0) is 15.2. The molecule has 0 aliphatic carbocycles. The summed E-state index contributed by atoms with van der Waals surface area (Å²) in [5.41, 5.74) is 7.11. The number of carbonyl (C=O) groups excluding carboxylic acids is 1. The Morgan fingerprint density at radius 3 is 2.50 bits per heavy atom. The number of nitrogens with zero attached hydrogens (tertiary/aromatic N) is 1. The number of hydrogen-bond acceptors (Lipinski definition) is 3. The Bertz CT molecular complexity index is 589. The Morgan fingerprint density at radius 1 is 1.27 bits per heavy atom. The molecule has 0 aliphatic rings. The molecule has 1 aromatic heterocycles. The molecule has 2 aromatic rings. The highest BCUT2D eigenvalue weighted by Crippen LogP contribution is 2.23. The number of benzene rings is 1. The fourth-order valence-corrected chi connectivity index (χ4v) is 3.24. The first-order valence-electron chi connectivity index (χ1n) is 6.92. The number of nitrogens with two attached hydrogens (primary N) is 1. The van der Waals surface area contributed by atoms with Crippen LogP contribution in [0, 0.1) is 0 Å². The van der Waals surface area contributed by atoms with Gasteiger partial charge in [0.2, 0.25) is 5.91 Å². The van der Waals surface area contributed by atoms with E-state index in [4.69, 9.17) is 17.3 Å². The van der Waals surface area contributed by atoms with Gasteiger partial charge in [0.1, 0.15) is 0 Å². The van der Waals surface area contributed by atoms with E-state index in [9.17, 15) is 4.79 Å². The zero-order valence-corrected chi connectivity index (χ0v) is 14.8. The topological polar surface area (TPSA) is 46.3 Å². The van der Waals surface area contributed by atoms with Crippen molar-refractivity contribution < 1.29 is 4.79 Å². The third-order valence-corrected chi connectivity index (χ3v) is 4.55. The summed E-state index contributed by atoms with van der Waals surface area (Å²) in [6.07, 6.45) is 0.316. The minimum absolute atomic E-state index is 0. The van der Waals surface area contributed by atoms with Gasteiger partial charge in [-0.1, -0.05) is 41.9 Å². The summed E-state index contributed by atoms with van der Waals surface area (Å²) in [6, 6.07) is 13.3. The Labute approximate surface area is 146 Å². The van der Waals surface area contributed by atoms with E-state index < -0.39 is 0 Å². The molecule has 2 N–H and O–H groups in total. The van der Waals surface area contributed by atoms with Gasteiger partial charge in [-0.15, -0.1) is 23.7 Å². The van der Waals surface area contributed by atoms with Crippen molar-refractivity contribution in [3.63, 3.8) is 0 Å². The van der Waals surface area contributed by atoms with Gasteiger partial charge in [0.25, 0.3) is 0 Å². The molecule has 3 nitrogen and oxygen atoms in total. The fraction of sp³-hybridized carbons (Fsp3) is 0.312. The highest BCUT2D eigenvalue weighted by molar-refractivity contribution is 7.16. The quantitative estimate of drug-likeness (QED) is 0.838. The molecule has 1 unspecified atom stereocenters. The normalized spacial score (nSPS) is 11.6. The summed E-state index contributed by atoms with van der Waals surface area (Å²) in [5, 5.41) is 0. The maximum Gasteiger partial charge on any atom is 0.224 e. The fourth-order valence-electron chi connectivity index (χ4n) is 2.14. The van der Waals surface area contributed by atoms with Crippen molar-refractivity contribution in [1.82, 2.24) is 4.90 Å². The van der Waals surface area contributed by atoms with Crippen LogP contribution >= 0.6 is 35.3 Å². The minimum Gasteiger partial charge on any atom is -0.338 e. The average Bonchev–Trinajstić information content (AvgIpc) is 2.90. The van der Waals surface area contributed by atoms with Gasteiger partial charge in [-0.3, -0.25) is 4.79 Å². The molecule has 0 fully saturated rings. The van der Waals surface area contributed by atoms with Crippen LogP contribution in [0.15, 0.2) is 42.5 Å². The van der Waals surface area contributed by atoms with Gasteiger partial charge >= 0.3 is 0 Å². The predicted octanol–water partition coefficient (Wildman–Crippen LogP) is 4.26. The van der Waals surface area contributed by atoms with Crippen molar-refractivity contribution in [2.24, 2.45) is 5.73 Å². The Hall–Kier alpha value is -1.07. The summed E-state index contributed by atoms with van der Waals surface area (Å²) in [4.78, 5) is 15.3. The predicted molar refractivity (Wildman–Crippen MR) is 95.7 cm³/mol. The number of hydrogen-bond donors (Lipinski definition) is 1. The van der Waals surface area contributed by atoms with Crippen LogP contribution in [0.5, 0.6) is 0 Å². The lowest BCUT2D eigenvalue weighted by atomic mass is 10.0. The second-order valence-corrected chi connectivity index (χ2v) is 6.63. The van der Waals surface area contributed by atoms with Crippen molar-refractivity contribution in [2.75, 3.05) is 6.54 Å². The van der Waals surface area contributed by atoms with Crippen LogP contribution in [0.1, 0.15) is 29.8 Å². The maximum absolute atomic E-state index is 12.4. The maximum atomic E-state index is 12.4. The summed E-state index contributed by atoms with van der Waals surface area (Å²) in [5.74, 6) is 0.0679. The van der Waals surface area contributed by atoms with E-state index >= 15 is 0 Å². The zero-order valence-electron chi connectivity index (χ0n) is 12.4. The van der Waals surface area contributed by atoms with Gasteiger partial charge in [0.05, 0.1) is 10.9 Å². The standard InChI is InChI=1S/C16H19ClN2OS.ClH/c1-2-19(11-13-8-9-15(17)21-13)16(20)10-14(18)12-6-4-3-5-7-12;/h3-9,14H,2,10-11,18H2,1H3;1H. The van der Waals surface area contributed by atoms with E-state index in [1.54, 1.807) is 0 Å². The molecular weight excluding hydrogens is 339 g/mol. The van der Waals surface area contributed by atoms with Gasteiger partial charge in [-0.25, -0.2) is 0 Å². The second kappa shape index (κ2) is 9.16. The second-order valence-electron chi connectivity index (χ2n) is 4.84. The van der Waals surface area contributed by atoms with Gasteiger partial charge in [-0.05, 0) is 24.6 Å². The number of carbonyl (C=O) groups is 1. The van der Waals surface area contributed by atoms with Crippen molar-refractivity contribution >= 4 is 41.3 Å². The number of amides is 1. The molecule has 120 valence electrons. The number of halogens is 2. The molecule has 1 atom stereocenters. The first-order valence-corrected chi connectivity index (χ1v) is 8.12. The van der Waals surface area contributed by atoms with Crippen LogP contribution in [0.4, 0.5) is 0 Å². The molecule has 6 heteroatoms. The minimum atomic E-state index is -0.264. The molecule has 0 radical (unpaired) electrons. The molecule has 1 heterocycles. The summed E-state index contributed by atoms with van der Waals surface area (Å²) >= 11 is 7.43. The average molecular weight is 359 g/mol. The summed E-state index contributed by atoms with van der Waals surface area (Å²) < 4.78 is 0.745. The number of thiophene rings is 1. The lowest BCUT2D eigenvalue weighted by Crippen LogP contribution is -2.32. The van der Waals surface area contributed by atoms with E-state index in [0.29, 0.717) is 19.5 Å². The van der Waals surface area contributed by atoms with Crippen LogP contribution in [-0.4, -0.2) is 17.4 Å². The molecule has 0 aliphatic heterocycles. The van der Waals surface area contributed by atoms with E-state index in [1.807, 2.05) is 54.3 Å². The molecule has 2 rings (SSSR count). The van der Waals surface area contributed by atoms with Crippen LogP contribution in [0.25, 0.3) is 0 Å². The van der Waals surface area contributed by atoms with E-state index in [1.165, 1.54) is 11.3 Å². The van der Waals surface area contributed by atoms with Crippen molar-refractivity contribution in [3.8, 4) is 0 Å². The van der Waals surface area contributed by atoms with Crippen molar-refractivity contribution in [3.05, 3.63) is 57.2 Å². The Kier molecular flexibility index (Phi) is 7.90. The molecule has 0 spiro atoms. The van der Waals surface area contributed by atoms with E-state index in [2.05, 4.69) is 0 Å². The first kappa shape index (κ1) is 19.0. The third kappa shape index (κ3) is 5.29. The molecule has 0 bridgehead atoms. The lowest BCUT2D eigenvalue weighted by molar-refractivity contribution is -0.132. The van der Waals surface area contributed by atoms with Crippen LogP contribution in [0.3, 0.4) is 0 Å². The van der Waals surface area contributed by atoms with Gasteiger partial charge in [0.15, 0.2) is 0 Å². The van der Waals surface area contributed by atoms with Gasteiger partial charge in [0, 0.05) is 23.9 Å². The van der Waals surface area contributed by atoms with E-state index in [0.717, 1.165) is 14.8 Å². The Balaban J connectivity index is 0.00000242. The summed E-state index contributed by atoms with van der Waals surface area (Å²) in [7, 11) is 0. The number of rotatable bonds is 6. The van der Waals surface area contributed by atoms with Crippen LogP contribution < -0.4 is 5.73 Å². The third-order valence-electron chi connectivity index (χ3n) is 3.33. The molecule has 1 aromatic carbocycles. The molecule has 0 saturated carbocycles. The molecular formula is C16H20Cl2N2OS. The largest absolute Gasteiger partial charge is 0.338 e. The first-order chi connectivity index (χ1) is 10.1. The monoisotopic (exact) mass is 358 g/mol. The van der Waals surface area contributed by atoms with Crippen LogP contribution in [-0.2, 0) is 11.3 Å². The SMILES string of the molecule is CCN(Cc1ccc(Cl)s1)C(=O)CC(N)c1ccccc1.Cl. The van der Waals surface area contributed by atoms with Gasteiger partial charge in [-0.2, -0.15) is 0 Å². The van der Waals surface area contributed by atoms with Crippen LogP contribution in [0.2, 0.25) is 4.34 Å². The van der Waals surface area contributed by atoms with Crippen molar-refractivity contribution in [1.29, 1.82) is 0 Å². The smallest absolute Gasteiger partial charge is 0.224 e. The summed E-state index contributed by atoms with van der Waals surface area (Å²) in [6.45, 7) is 3.23. The molecule has 1 amide bonds. The lowest BCUT2D eigenvalue weighted by Gasteiger charge is -2.22. The molecule has 22 heavy (non-hydrogen) atoms. The van der Waals surface area contributed by atoms with Gasteiger partial charge < -0.3 is 10.6 Å². The highest BCUT2D eigenvalue weighted by Gasteiger charge is 2.17. The highest BCUT2D eigenvalue weighted by atomic mass is 35.5. The molecule has 0 saturated heterocycles. The van der Waals surface area contributed by atoms with E-state index in [-0.39, 0.29) is 24.4 Å². The van der Waals surface area contributed by atoms with Crippen molar-refractivity contribution in [2.45, 2.75) is 25.9 Å². The Morgan fingerprint density at radius 2 is 1.95 bits per heavy atom.